The first kappa shape index (κ1) is 23.3. The number of rotatable bonds is 6. The van der Waals surface area contributed by atoms with Crippen LogP contribution >= 0.6 is 0 Å². The van der Waals surface area contributed by atoms with Crippen molar-refractivity contribution >= 4 is 28.4 Å². The summed E-state index contributed by atoms with van der Waals surface area (Å²) in [5.74, 6) is 1.55. The molecule has 1 amide bonds. The van der Waals surface area contributed by atoms with Crippen LogP contribution in [0.15, 0.2) is 42.9 Å². The van der Waals surface area contributed by atoms with Crippen molar-refractivity contribution in [2.45, 2.75) is 37.8 Å². The maximum Gasteiger partial charge on any atom is 0.254 e. The molecule has 3 aromatic rings. The van der Waals surface area contributed by atoms with Gasteiger partial charge in [-0.3, -0.25) is 9.78 Å². The van der Waals surface area contributed by atoms with E-state index in [0.717, 1.165) is 80.3 Å². The molecule has 1 saturated heterocycles. The van der Waals surface area contributed by atoms with Gasteiger partial charge in [0.05, 0.1) is 30.4 Å². The third kappa shape index (κ3) is 5.45. The van der Waals surface area contributed by atoms with Crippen LogP contribution in [0.25, 0.3) is 11.0 Å². The highest BCUT2D eigenvalue weighted by molar-refractivity contribution is 5.93. The molecule has 1 aliphatic heterocycles. The normalized spacial score (nSPS) is 20.5. The number of hydrogen-bond donors (Lipinski definition) is 1. The molecule has 2 aliphatic rings. The number of carbonyl (C=O) groups excluding carboxylic acids is 1. The molecule has 0 radical (unpaired) electrons. The molecule has 2 aromatic heterocycles. The first-order chi connectivity index (χ1) is 17.1. The number of benzene rings is 1. The lowest BCUT2D eigenvalue weighted by atomic mass is 9.93. The molecule has 1 N–H and O–H groups in total. The van der Waals surface area contributed by atoms with Crippen LogP contribution in [0.4, 0.5) is 11.5 Å². The second kappa shape index (κ2) is 10.4. The van der Waals surface area contributed by atoms with Gasteiger partial charge >= 0.3 is 0 Å². The number of carbonyl (C=O) groups is 1. The van der Waals surface area contributed by atoms with Crippen LogP contribution in [0.2, 0.25) is 0 Å². The molecule has 184 valence electrons. The Labute approximate surface area is 205 Å². The zero-order chi connectivity index (χ0) is 24.2. The Hall–Kier alpha value is -3.46. The maximum atomic E-state index is 12.1. The van der Waals surface area contributed by atoms with Gasteiger partial charge in [-0.2, -0.15) is 0 Å². The van der Waals surface area contributed by atoms with Crippen LogP contribution in [-0.4, -0.2) is 78.3 Å². The van der Waals surface area contributed by atoms with E-state index in [0.29, 0.717) is 11.6 Å². The average Bonchev–Trinajstić information content (AvgIpc) is 2.90. The smallest absolute Gasteiger partial charge is 0.254 e. The van der Waals surface area contributed by atoms with E-state index in [-0.39, 0.29) is 12.0 Å². The van der Waals surface area contributed by atoms with Gasteiger partial charge in [-0.15, -0.1) is 0 Å². The van der Waals surface area contributed by atoms with Crippen LogP contribution < -0.4 is 15.0 Å². The second-order valence-electron chi connectivity index (χ2n) is 9.33. The topological polar surface area (TPSA) is 92.7 Å². The summed E-state index contributed by atoms with van der Waals surface area (Å²) in [6.45, 7) is 3.19. The number of morpholine rings is 1. The molecule has 0 unspecified atom stereocenters. The van der Waals surface area contributed by atoms with Gasteiger partial charge in [-0.25, -0.2) is 9.97 Å². The van der Waals surface area contributed by atoms with E-state index in [9.17, 15) is 4.79 Å². The van der Waals surface area contributed by atoms with Crippen LogP contribution in [-0.2, 0) is 4.74 Å². The Morgan fingerprint density at radius 3 is 2.54 bits per heavy atom. The Morgan fingerprint density at radius 1 is 1.06 bits per heavy atom. The minimum atomic E-state index is -0.0448. The van der Waals surface area contributed by atoms with Crippen molar-refractivity contribution in [3.05, 3.63) is 48.4 Å². The molecule has 5 rings (SSSR count). The molecule has 9 nitrogen and oxygen atoms in total. The first-order valence-electron chi connectivity index (χ1n) is 12.2. The average molecular weight is 477 g/mol. The molecule has 9 heteroatoms. The molecule has 2 fully saturated rings. The zero-order valence-corrected chi connectivity index (χ0v) is 20.3. The van der Waals surface area contributed by atoms with E-state index in [4.69, 9.17) is 9.47 Å². The lowest BCUT2D eigenvalue weighted by molar-refractivity contribution is 0.0827. The lowest BCUT2D eigenvalue weighted by Gasteiger charge is -2.31. The molecule has 35 heavy (non-hydrogen) atoms. The standard InChI is InChI=1S/C26H32N6O3/c1-31(2)26(33)18-3-8-24(29-17-18)30-19-4-6-21(7-5-19)35-23-16-20(32-11-13-34-14-12-32)15-22-25(23)28-10-9-27-22/h3,8-10,15-17,19,21H,4-7,11-14H2,1-2H3,(H,29,30). The van der Waals surface area contributed by atoms with Gasteiger partial charge in [0.2, 0.25) is 0 Å². The first-order valence-corrected chi connectivity index (χ1v) is 12.2. The summed E-state index contributed by atoms with van der Waals surface area (Å²) in [7, 11) is 3.48. The molecule has 1 aromatic carbocycles. The summed E-state index contributed by atoms with van der Waals surface area (Å²) >= 11 is 0. The number of fused-ring (bicyclic) bond motifs is 1. The van der Waals surface area contributed by atoms with E-state index < -0.39 is 0 Å². The molecular formula is C26H32N6O3. The third-order valence-corrected chi connectivity index (χ3v) is 6.64. The van der Waals surface area contributed by atoms with E-state index in [2.05, 4.69) is 37.3 Å². The van der Waals surface area contributed by atoms with Crippen molar-refractivity contribution in [3.8, 4) is 5.75 Å². The van der Waals surface area contributed by atoms with Gasteiger partial charge in [-0.1, -0.05) is 0 Å². The molecule has 3 heterocycles. The Kier molecular flexibility index (Phi) is 6.94. The number of nitrogens with one attached hydrogen (secondary N) is 1. The van der Waals surface area contributed by atoms with E-state index >= 15 is 0 Å². The van der Waals surface area contributed by atoms with E-state index in [1.54, 1.807) is 37.6 Å². The summed E-state index contributed by atoms with van der Waals surface area (Å²) in [6, 6.07) is 8.22. The molecule has 0 spiro atoms. The minimum Gasteiger partial charge on any atom is -0.488 e. The highest BCUT2D eigenvalue weighted by Crippen LogP contribution is 2.33. The Bertz CT molecular complexity index is 1160. The van der Waals surface area contributed by atoms with E-state index in [1.165, 1.54) is 0 Å². The predicted octanol–water partition coefficient (Wildman–Crippen LogP) is 3.37. The molecule has 1 saturated carbocycles. The number of aromatic nitrogens is 3. The molecular weight excluding hydrogens is 444 g/mol. The summed E-state index contributed by atoms with van der Waals surface area (Å²) in [5, 5.41) is 3.51. The van der Waals surface area contributed by atoms with E-state index in [1.807, 2.05) is 12.1 Å². The van der Waals surface area contributed by atoms with Gasteiger partial charge in [0, 0.05) is 63.6 Å². The van der Waals surface area contributed by atoms with Crippen LogP contribution in [0.3, 0.4) is 0 Å². The summed E-state index contributed by atoms with van der Waals surface area (Å²) in [6.07, 6.45) is 9.06. The van der Waals surface area contributed by atoms with Gasteiger partial charge in [-0.05, 0) is 43.9 Å². The summed E-state index contributed by atoms with van der Waals surface area (Å²) in [5.41, 5.74) is 3.35. The fourth-order valence-electron chi connectivity index (χ4n) is 4.70. The molecule has 0 bridgehead atoms. The van der Waals surface area contributed by atoms with Crippen molar-refractivity contribution in [2.75, 3.05) is 50.6 Å². The van der Waals surface area contributed by atoms with Gasteiger partial charge < -0.3 is 24.6 Å². The van der Waals surface area contributed by atoms with Gasteiger partial charge in [0.15, 0.2) is 0 Å². The quantitative estimate of drug-likeness (QED) is 0.579. The highest BCUT2D eigenvalue weighted by atomic mass is 16.5. The minimum absolute atomic E-state index is 0.0448. The van der Waals surface area contributed by atoms with Crippen molar-refractivity contribution in [3.63, 3.8) is 0 Å². The maximum absolute atomic E-state index is 12.1. The Morgan fingerprint density at radius 2 is 1.83 bits per heavy atom. The highest BCUT2D eigenvalue weighted by Gasteiger charge is 2.24. The molecule has 1 aliphatic carbocycles. The second-order valence-corrected chi connectivity index (χ2v) is 9.33. The molecule has 0 atom stereocenters. The summed E-state index contributed by atoms with van der Waals surface area (Å²) in [4.78, 5) is 29.5. The van der Waals surface area contributed by atoms with Crippen molar-refractivity contribution in [1.29, 1.82) is 0 Å². The predicted molar refractivity (Wildman–Crippen MR) is 135 cm³/mol. The number of anilines is 2. The number of pyridine rings is 1. The zero-order valence-electron chi connectivity index (χ0n) is 20.3. The van der Waals surface area contributed by atoms with Crippen molar-refractivity contribution < 1.29 is 14.3 Å². The van der Waals surface area contributed by atoms with Crippen molar-refractivity contribution in [1.82, 2.24) is 19.9 Å². The number of nitrogens with zero attached hydrogens (tertiary/aromatic N) is 5. The van der Waals surface area contributed by atoms with Crippen LogP contribution in [0.1, 0.15) is 36.0 Å². The summed E-state index contributed by atoms with van der Waals surface area (Å²) < 4.78 is 12.0. The largest absolute Gasteiger partial charge is 0.488 e. The van der Waals surface area contributed by atoms with Gasteiger partial charge in [0.1, 0.15) is 17.1 Å². The SMILES string of the molecule is CN(C)C(=O)c1ccc(NC2CCC(Oc3cc(N4CCOCC4)cc4nccnc34)CC2)nc1. The number of hydrogen-bond acceptors (Lipinski definition) is 8. The van der Waals surface area contributed by atoms with Crippen LogP contribution in [0, 0.1) is 0 Å². The fraction of sp³-hybridized carbons (Fsp3) is 0.462. The monoisotopic (exact) mass is 476 g/mol. The fourth-order valence-corrected chi connectivity index (χ4v) is 4.70. The lowest BCUT2D eigenvalue weighted by Crippen LogP contribution is -2.36. The Balaban J connectivity index is 1.22. The van der Waals surface area contributed by atoms with Crippen molar-refractivity contribution in [2.24, 2.45) is 0 Å². The number of ether oxygens (including phenoxy) is 2. The van der Waals surface area contributed by atoms with Gasteiger partial charge in [0.25, 0.3) is 5.91 Å². The van der Waals surface area contributed by atoms with Crippen LogP contribution in [0.5, 0.6) is 5.75 Å². The third-order valence-electron chi connectivity index (χ3n) is 6.64. The number of amides is 1.